The third-order valence-electron chi connectivity index (χ3n) is 5.27. The second-order valence-corrected chi connectivity index (χ2v) is 6.36. The van der Waals surface area contributed by atoms with Crippen molar-refractivity contribution in [2.75, 3.05) is 13.1 Å². The number of carbonyl (C=O) groups excluding carboxylic acids is 1. The normalized spacial score (nSPS) is 36.1. The van der Waals surface area contributed by atoms with Crippen LogP contribution in [-0.2, 0) is 9.59 Å². The third-order valence-corrected chi connectivity index (χ3v) is 5.27. The molecule has 3 unspecified atom stereocenters. The van der Waals surface area contributed by atoms with Gasteiger partial charge >= 0.3 is 5.97 Å². The summed E-state index contributed by atoms with van der Waals surface area (Å²) in [6, 6.07) is -0.149. The van der Waals surface area contributed by atoms with Gasteiger partial charge in [-0.2, -0.15) is 0 Å². The summed E-state index contributed by atoms with van der Waals surface area (Å²) in [7, 11) is 0. The highest BCUT2D eigenvalue weighted by molar-refractivity contribution is 5.83. The first kappa shape index (κ1) is 12.9. The van der Waals surface area contributed by atoms with Crippen molar-refractivity contribution in [3.63, 3.8) is 0 Å². The Bertz CT molecular complexity index is 390. The molecule has 1 saturated heterocycles. The number of hydrogen-bond acceptors (Lipinski definition) is 3. The van der Waals surface area contributed by atoms with Crippen LogP contribution in [0.3, 0.4) is 0 Å². The van der Waals surface area contributed by atoms with Gasteiger partial charge in [-0.25, -0.2) is 0 Å². The molecule has 1 aliphatic heterocycles. The third kappa shape index (κ3) is 2.36. The Morgan fingerprint density at radius 2 is 1.95 bits per heavy atom. The summed E-state index contributed by atoms with van der Waals surface area (Å²) in [5.74, 6) is -0.924. The molecular weight excluding hydrogens is 244 g/mol. The molecule has 0 aromatic heterocycles. The Kier molecular flexibility index (Phi) is 3.25. The van der Waals surface area contributed by atoms with Gasteiger partial charge in [0.25, 0.3) is 0 Å². The maximum Gasteiger partial charge on any atom is 0.308 e. The molecule has 3 N–H and O–H groups in total. The van der Waals surface area contributed by atoms with E-state index in [-0.39, 0.29) is 29.2 Å². The summed E-state index contributed by atoms with van der Waals surface area (Å²) in [5, 5.41) is 15.5. The summed E-state index contributed by atoms with van der Waals surface area (Å²) >= 11 is 0. The first-order valence-electron chi connectivity index (χ1n) is 7.36. The van der Waals surface area contributed by atoms with Crippen molar-refractivity contribution in [1.29, 1.82) is 0 Å². The molecule has 19 heavy (non-hydrogen) atoms. The van der Waals surface area contributed by atoms with Gasteiger partial charge in [0, 0.05) is 12.0 Å². The van der Waals surface area contributed by atoms with Gasteiger partial charge in [-0.3, -0.25) is 9.59 Å². The maximum atomic E-state index is 12.3. The molecular formula is C14H22N2O3. The van der Waals surface area contributed by atoms with Gasteiger partial charge in [0.15, 0.2) is 0 Å². The number of carboxylic acid groups (broad SMARTS) is 1. The van der Waals surface area contributed by atoms with E-state index < -0.39 is 5.97 Å². The lowest BCUT2D eigenvalue weighted by Gasteiger charge is -2.24. The second-order valence-electron chi connectivity index (χ2n) is 6.36. The number of nitrogens with one attached hydrogen (secondary N) is 2. The number of carbonyl (C=O) groups is 2. The summed E-state index contributed by atoms with van der Waals surface area (Å²) in [5.41, 5.74) is 0.229. The van der Waals surface area contributed by atoms with E-state index in [4.69, 9.17) is 5.11 Å². The van der Waals surface area contributed by atoms with Crippen LogP contribution in [0, 0.1) is 17.3 Å². The Labute approximate surface area is 113 Å². The smallest absolute Gasteiger partial charge is 0.308 e. The van der Waals surface area contributed by atoms with E-state index in [2.05, 4.69) is 10.6 Å². The van der Waals surface area contributed by atoms with Crippen molar-refractivity contribution in [2.45, 2.75) is 44.6 Å². The van der Waals surface area contributed by atoms with Crippen LogP contribution in [0.4, 0.5) is 0 Å². The Morgan fingerprint density at radius 1 is 1.21 bits per heavy atom. The van der Waals surface area contributed by atoms with E-state index in [0.29, 0.717) is 6.42 Å². The van der Waals surface area contributed by atoms with E-state index in [1.165, 1.54) is 0 Å². The van der Waals surface area contributed by atoms with Gasteiger partial charge in [0.1, 0.15) is 0 Å². The summed E-state index contributed by atoms with van der Waals surface area (Å²) in [6.45, 7) is 2.01. The van der Waals surface area contributed by atoms with E-state index in [1.807, 2.05) is 0 Å². The van der Waals surface area contributed by atoms with Crippen molar-refractivity contribution >= 4 is 11.9 Å². The summed E-state index contributed by atoms with van der Waals surface area (Å²) in [4.78, 5) is 23.4. The topological polar surface area (TPSA) is 78.4 Å². The van der Waals surface area contributed by atoms with E-state index in [0.717, 1.165) is 45.2 Å². The van der Waals surface area contributed by atoms with Crippen LogP contribution in [-0.4, -0.2) is 36.1 Å². The monoisotopic (exact) mass is 266 g/mol. The molecule has 3 rings (SSSR count). The zero-order valence-electron chi connectivity index (χ0n) is 11.2. The molecule has 5 nitrogen and oxygen atoms in total. The maximum absolute atomic E-state index is 12.3. The molecule has 3 aliphatic rings. The highest BCUT2D eigenvalue weighted by atomic mass is 16.4. The Balaban J connectivity index is 1.56. The number of hydrogen-bond donors (Lipinski definition) is 3. The average Bonchev–Trinajstić information content (AvgIpc) is 2.86. The van der Waals surface area contributed by atoms with Gasteiger partial charge in [-0.1, -0.05) is 6.42 Å². The molecule has 0 aromatic carbocycles. The number of rotatable bonds is 3. The fourth-order valence-corrected chi connectivity index (χ4v) is 3.91. The predicted molar refractivity (Wildman–Crippen MR) is 69.6 cm³/mol. The van der Waals surface area contributed by atoms with Gasteiger partial charge in [0.2, 0.25) is 5.91 Å². The highest BCUT2D eigenvalue weighted by Gasteiger charge is 2.58. The largest absolute Gasteiger partial charge is 0.481 e. The van der Waals surface area contributed by atoms with E-state index in [1.54, 1.807) is 0 Å². The predicted octanol–water partition coefficient (Wildman–Crippen LogP) is 0.746. The van der Waals surface area contributed by atoms with Crippen molar-refractivity contribution in [2.24, 2.45) is 17.3 Å². The quantitative estimate of drug-likeness (QED) is 0.704. The lowest BCUT2D eigenvalue weighted by Crippen LogP contribution is -2.42. The summed E-state index contributed by atoms with van der Waals surface area (Å²) < 4.78 is 0. The van der Waals surface area contributed by atoms with Crippen LogP contribution >= 0.6 is 0 Å². The summed E-state index contributed by atoms with van der Waals surface area (Å²) in [6.07, 6.45) is 5.56. The molecule has 3 fully saturated rings. The van der Waals surface area contributed by atoms with Gasteiger partial charge in [0.05, 0.1) is 5.92 Å². The van der Waals surface area contributed by atoms with Gasteiger partial charge in [-0.15, -0.1) is 0 Å². The van der Waals surface area contributed by atoms with Crippen LogP contribution < -0.4 is 10.6 Å². The first-order valence-corrected chi connectivity index (χ1v) is 7.36. The molecule has 0 bridgehead atoms. The second kappa shape index (κ2) is 4.78. The van der Waals surface area contributed by atoms with Crippen LogP contribution in [0.5, 0.6) is 0 Å². The number of amides is 1. The van der Waals surface area contributed by atoms with E-state index in [9.17, 15) is 9.59 Å². The lowest BCUT2D eigenvalue weighted by molar-refractivity contribution is -0.142. The van der Waals surface area contributed by atoms with Crippen molar-refractivity contribution in [3.8, 4) is 0 Å². The zero-order valence-corrected chi connectivity index (χ0v) is 11.2. The first-order chi connectivity index (χ1) is 9.12. The van der Waals surface area contributed by atoms with Crippen molar-refractivity contribution in [1.82, 2.24) is 10.6 Å². The SMILES string of the molecule is O=C(O)C1CCCC1NC(=O)C1CC12CCNCC2. The van der Waals surface area contributed by atoms with Crippen LogP contribution in [0.25, 0.3) is 0 Å². The number of aliphatic carboxylic acids is 1. The van der Waals surface area contributed by atoms with Crippen molar-refractivity contribution < 1.29 is 14.7 Å². The minimum Gasteiger partial charge on any atom is -0.481 e. The molecule has 1 heterocycles. The molecule has 1 spiro atoms. The van der Waals surface area contributed by atoms with Gasteiger partial charge < -0.3 is 15.7 Å². The molecule has 2 aliphatic carbocycles. The Morgan fingerprint density at radius 3 is 2.63 bits per heavy atom. The molecule has 5 heteroatoms. The fourth-order valence-electron chi connectivity index (χ4n) is 3.91. The van der Waals surface area contributed by atoms with Crippen LogP contribution in [0.15, 0.2) is 0 Å². The number of carboxylic acids is 1. The standard InChI is InChI=1S/C14H22N2O3/c17-12(10-8-14(10)4-6-15-7-5-14)16-11-3-1-2-9(11)13(18)19/h9-11,15H,1-8H2,(H,16,17)(H,18,19). The van der Waals surface area contributed by atoms with Crippen molar-refractivity contribution in [3.05, 3.63) is 0 Å². The molecule has 0 aromatic rings. The molecule has 1 amide bonds. The Hall–Kier alpha value is -1.10. The molecule has 2 saturated carbocycles. The lowest BCUT2D eigenvalue weighted by atomic mass is 9.91. The fraction of sp³-hybridized carbons (Fsp3) is 0.857. The zero-order chi connectivity index (χ0) is 13.5. The number of piperidine rings is 1. The minimum atomic E-state index is -0.768. The molecule has 0 radical (unpaired) electrons. The van der Waals surface area contributed by atoms with Crippen LogP contribution in [0.1, 0.15) is 38.5 Å². The highest BCUT2D eigenvalue weighted by Crippen LogP contribution is 2.58. The average molecular weight is 266 g/mol. The minimum absolute atomic E-state index is 0.0973. The van der Waals surface area contributed by atoms with Gasteiger partial charge in [-0.05, 0) is 50.6 Å². The van der Waals surface area contributed by atoms with E-state index >= 15 is 0 Å². The van der Waals surface area contributed by atoms with Crippen LogP contribution in [0.2, 0.25) is 0 Å². The molecule has 106 valence electrons. The molecule has 3 atom stereocenters.